The van der Waals surface area contributed by atoms with Gasteiger partial charge in [0, 0.05) is 12.6 Å². The van der Waals surface area contributed by atoms with E-state index in [1.165, 1.54) is 16.7 Å². The van der Waals surface area contributed by atoms with Crippen LogP contribution in [0.2, 0.25) is 0 Å². The second-order valence-electron chi connectivity index (χ2n) is 6.25. The zero-order valence-corrected chi connectivity index (χ0v) is 14.4. The van der Waals surface area contributed by atoms with Gasteiger partial charge in [0.05, 0.1) is 18.5 Å². The predicted octanol–water partition coefficient (Wildman–Crippen LogP) is 1.74. The van der Waals surface area contributed by atoms with Gasteiger partial charge in [0.2, 0.25) is 10.0 Å². The topological polar surface area (TPSA) is 72.6 Å². The van der Waals surface area contributed by atoms with Crippen LogP contribution < -0.4 is 5.14 Å². The van der Waals surface area contributed by atoms with Crippen LogP contribution in [0.4, 0.5) is 0 Å². The minimum Gasteiger partial charge on any atom is -0.371 e. The lowest BCUT2D eigenvalue weighted by Gasteiger charge is -2.38. The number of morpholine rings is 1. The highest BCUT2D eigenvalue weighted by Gasteiger charge is 2.27. The van der Waals surface area contributed by atoms with E-state index in [-0.39, 0.29) is 11.9 Å². The van der Waals surface area contributed by atoms with Crippen molar-refractivity contribution in [2.24, 2.45) is 5.14 Å². The Bertz CT molecular complexity index is 616. The molecule has 2 atom stereocenters. The maximum atomic E-state index is 11.1. The summed E-state index contributed by atoms with van der Waals surface area (Å²) in [5.41, 5.74) is 3.68. The van der Waals surface area contributed by atoms with E-state index in [1.54, 1.807) is 0 Å². The Balaban J connectivity index is 2.02. The van der Waals surface area contributed by atoms with E-state index in [1.807, 2.05) is 0 Å². The number of rotatable bonds is 5. The maximum absolute atomic E-state index is 11.1. The van der Waals surface area contributed by atoms with Crippen molar-refractivity contribution in [1.29, 1.82) is 0 Å². The molecule has 1 aliphatic heterocycles. The fraction of sp³-hybridized carbons (Fsp3) is 0.625. The van der Waals surface area contributed by atoms with Crippen LogP contribution in [0.25, 0.3) is 0 Å². The van der Waals surface area contributed by atoms with Gasteiger partial charge < -0.3 is 4.74 Å². The van der Waals surface area contributed by atoms with Crippen LogP contribution in [0.3, 0.4) is 0 Å². The highest BCUT2D eigenvalue weighted by Crippen LogP contribution is 2.28. The molecule has 1 aliphatic rings. The minimum absolute atomic E-state index is 0.0330. The lowest BCUT2D eigenvalue weighted by atomic mass is 9.99. The minimum atomic E-state index is -3.38. The summed E-state index contributed by atoms with van der Waals surface area (Å²) in [6.07, 6.45) is 0.605. The molecule has 1 saturated heterocycles. The fourth-order valence-corrected chi connectivity index (χ4v) is 3.41. The lowest BCUT2D eigenvalue weighted by molar-refractivity contribution is -0.0600. The zero-order chi connectivity index (χ0) is 16.3. The first-order valence-electron chi connectivity index (χ1n) is 7.69. The first kappa shape index (κ1) is 17.4. The van der Waals surface area contributed by atoms with Gasteiger partial charge in [0.1, 0.15) is 0 Å². The number of primary sulfonamides is 1. The molecule has 0 amide bonds. The summed E-state index contributed by atoms with van der Waals surface area (Å²) in [6.45, 7) is 8.46. The molecule has 2 rings (SSSR count). The molecule has 0 saturated carbocycles. The van der Waals surface area contributed by atoms with Gasteiger partial charge in [-0.1, -0.05) is 23.8 Å². The van der Waals surface area contributed by atoms with Crippen LogP contribution in [0, 0.1) is 13.8 Å². The van der Waals surface area contributed by atoms with Crippen molar-refractivity contribution in [3.05, 3.63) is 34.9 Å². The van der Waals surface area contributed by atoms with E-state index < -0.39 is 10.0 Å². The van der Waals surface area contributed by atoms with Crippen LogP contribution in [0.5, 0.6) is 0 Å². The predicted molar refractivity (Wildman–Crippen MR) is 88.2 cm³/mol. The molecule has 1 aromatic carbocycles. The van der Waals surface area contributed by atoms with E-state index >= 15 is 0 Å². The van der Waals surface area contributed by atoms with Crippen molar-refractivity contribution in [3.63, 3.8) is 0 Å². The molecule has 2 N–H and O–H groups in total. The van der Waals surface area contributed by atoms with Crippen molar-refractivity contribution in [2.75, 3.05) is 25.4 Å². The van der Waals surface area contributed by atoms with E-state index in [2.05, 4.69) is 43.9 Å². The van der Waals surface area contributed by atoms with Crippen LogP contribution in [0.15, 0.2) is 18.2 Å². The maximum Gasteiger partial charge on any atom is 0.209 e. The second kappa shape index (κ2) is 7.08. The molecule has 0 unspecified atom stereocenters. The molecule has 0 spiro atoms. The number of nitrogens with zero attached hydrogens (tertiary/aromatic N) is 1. The van der Waals surface area contributed by atoms with E-state index in [0.717, 1.165) is 13.1 Å². The van der Waals surface area contributed by atoms with Crippen molar-refractivity contribution in [2.45, 2.75) is 39.3 Å². The SMILES string of the molecule is Cc1ccc(C)c([C@H]2CN(CCCS(N)(=O)=O)[C@H](C)CO2)c1. The number of ether oxygens (including phenoxy) is 1. The summed E-state index contributed by atoms with van der Waals surface area (Å²) in [6, 6.07) is 6.70. The number of nitrogens with two attached hydrogens (primary N) is 1. The molecular formula is C16H26N2O3S. The molecule has 1 heterocycles. The quantitative estimate of drug-likeness (QED) is 0.894. The fourth-order valence-electron chi connectivity index (χ4n) is 2.88. The highest BCUT2D eigenvalue weighted by atomic mass is 32.2. The number of benzene rings is 1. The van der Waals surface area contributed by atoms with Gasteiger partial charge in [-0.15, -0.1) is 0 Å². The normalized spacial score (nSPS) is 23.6. The molecule has 1 aromatic rings. The highest BCUT2D eigenvalue weighted by molar-refractivity contribution is 7.89. The summed E-state index contributed by atoms with van der Waals surface area (Å²) in [4.78, 5) is 2.29. The molecule has 1 fully saturated rings. The molecule has 0 bridgehead atoms. The van der Waals surface area contributed by atoms with Gasteiger partial charge in [0.15, 0.2) is 0 Å². The van der Waals surface area contributed by atoms with Gasteiger partial charge in [-0.05, 0) is 44.9 Å². The molecular weight excluding hydrogens is 300 g/mol. The van der Waals surface area contributed by atoms with Crippen LogP contribution >= 0.6 is 0 Å². The Kier molecular flexibility index (Phi) is 5.60. The zero-order valence-electron chi connectivity index (χ0n) is 13.6. The lowest BCUT2D eigenvalue weighted by Crippen LogP contribution is -2.45. The smallest absolute Gasteiger partial charge is 0.209 e. The van der Waals surface area contributed by atoms with E-state index in [9.17, 15) is 8.42 Å². The van der Waals surface area contributed by atoms with Gasteiger partial charge in [0.25, 0.3) is 0 Å². The van der Waals surface area contributed by atoms with Crippen LogP contribution in [-0.4, -0.2) is 44.8 Å². The summed E-state index contributed by atoms with van der Waals surface area (Å²) in [5.74, 6) is 0.0330. The van der Waals surface area contributed by atoms with E-state index in [0.29, 0.717) is 19.1 Å². The van der Waals surface area contributed by atoms with Gasteiger partial charge in [-0.3, -0.25) is 4.90 Å². The Hall–Kier alpha value is -0.950. The molecule has 6 heteroatoms. The van der Waals surface area contributed by atoms with Crippen molar-refractivity contribution in [1.82, 2.24) is 4.90 Å². The van der Waals surface area contributed by atoms with Crippen molar-refractivity contribution in [3.8, 4) is 0 Å². The van der Waals surface area contributed by atoms with Crippen molar-refractivity contribution < 1.29 is 13.2 Å². The third-order valence-corrected chi connectivity index (χ3v) is 5.08. The van der Waals surface area contributed by atoms with Crippen LogP contribution in [0.1, 0.15) is 36.1 Å². The molecule has 0 radical (unpaired) electrons. The molecule has 5 nitrogen and oxygen atoms in total. The van der Waals surface area contributed by atoms with Gasteiger partial charge in [-0.25, -0.2) is 13.6 Å². The average molecular weight is 326 g/mol. The third kappa shape index (κ3) is 4.78. The first-order valence-corrected chi connectivity index (χ1v) is 9.41. The average Bonchev–Trinajstić information content (AvgIpc) is 2.42. The first-order chi connectivity index (χ1) is 10.3. The summed E-state index contributed by atoms with van der Waals surface area (Å²) in [5, 5.41) is 5.07. The standard InChI is InChI=1S/C16H26N2O3S/c1-12-5-6-13(2)15(9-12)16-10-18(14(3)11-21-16)7-4-8-22(17,19)20/h5-6,9,14,16H,4,7-8,10-11H2,1-3H3,(H2,17,19,20)/t14-,16-/m1/s1. The molecule has 124 valence electrons. The molecule has 22 heavy (non-hydrogen) atoms. The number of sulfonamides is 1. The van der Waals surface area contributed by atoms with E-state index in [4.69, 9.17) is 9.88 Å². The van der Waals surface area contributed by atoms with Crippen molar-refractivity contribution >= 4 is 10.0 Å². The van der Waals surface area contributed by atoms with Crippen LogP contribution in [-0.2, 0) is 14.8 Å². The Morgan fingerprint density at radius 3 is 2.77 bits per heavy atom. The summed E-state index contributed by atoms with van der Waals surface area (Å²) < 4.78 is 28.1. The summed E-state index contributed by atoms with van der Waals surface area (Å²) >= 11 is 0. The number of aryl methyl sites for hydroxylation is 2. The van der Waals surface area contributed by atoms with Gasteiger partial charge >= 0.3 is 0 Å². The Labute approximate surface area is 133 Å². The third-order valence-electron chi connectivity index (χ3n) is 4.22. The summed E-state index contributed by atoms with van der Waals surface area (Å²) in [7, 11) is -3.38. The molecule has 0 aliphatic carbocycles. The molecule has 0 aromatic heterocycles. The van der Waals surface area contributed by atoms with Gasteiger partial charge in [-0.2, -0.15) is 0 Å². The second-order valence-corrected chi connectivity index (χ2v) is 7.98. The number of hydrogen-bond acceptors (Lipinski definition) is 4. The Morgan fingerprint density at radius 2 is 2.09 bits per heavy atom. The largest absolute Gasteiger partial charge is 0.371 e. The monoisotopic (exact) mass is 326 g/mol. The Morgan fingerprint density at radius 1 is 1.36 bits per heavy atom. The number of hydrogen-bond donors (Lipinski definition) is 1.